The highest BCUT2D eigenvalue weighted by molar-refractivity contribution is 6.27. The van der Waals surface area contributed by atoms with Crippen LogP contribution >= 0.6 is 0 Å². The van der Waals surface area contributed by atoms with E-state index in [-0.39, 0.29) is 0 Å². The van der Waals surface area contributed by atoms with Crippen molar-refractivity contribution in [1.29, 1.82) is 0 Å². The van der Waals surface area contributed by atoms with Gasteiger partial charge in [-0.3, -0.25) is 0 Å². The second-order valence-corrected chi connectivity index (χ2v) is 15.8. The Morgan fingerprint density at radius 1 is 0.283 bits per heavy atom. The van der Waals surface area contributed by atoms with Gasteiger partial charge in [-0.2, -0.15) is 0 Å². The summed E-state index contributed by atoms with van der Waals surface area (Å²) in [5.74, 6) is 0. The van der Waals surface area contributed by atoms with Crippen molar-refractivity contribution in [1.82, 2.24) is 0 Å². The van der Waals surface area contributed by atoms with E-state index >= 15 is 0 Å². The Labute approximate surface area is 351 Å². The standard InChI is InChI=1S/C59H41N/c1-40-22-30-49(31-23-40)60(59-55(43-18-10-4-11-19-43)38-48(41-14-6-2-7-15-41)39-56(59)44-20-12-5-13-21-44)50-32-24-45(25-33-50)52-35-27-47-28-36-53-51(42-16-8-3-9-17-42)34-26-46-29-37-54(52)58(47)57(46)53/h2-39H,1H3. The number of aryl methyl sites for hydroxylation is 1. The molecule has 0 aliphatic carbocycles. The zero-order valence-corrected chi connectivity index (χ0v) is 33.4. The summed E-state index contributed by atoms with van der Waals surface area (Å²) in [6.45, 7) is 2.15. The number of anilines is 3. The van der Waals surface area contributed by atoms with Crippen molar-refractivity contribution in [2.45, 2.75) is 6.92 Å². The van der Waals surface area contributed by atoms with Gasteiger partial charge in [-0.05, 0) is 120 Å². The molecule has 11 aromatic carbocycles. The maximum absolute atomic E-state index is 2.46. The second-order valence-electron chi connectivity index (χ2n) is 15.8. The largest absolute Gasteiger partial charge is 0.309 e. The van der Waals surface area contributed by atoms with Crippen LogP contribution in [-0.4, -0.2) is 0 Å². The van der Waals surface area contributed by atoms with Crippen LogP contribution in [-0.2, 0) is 0 Å². The van der Waals surface area contributed by atoms with Gasteiger partial charge in [-0.15, -0.1) is 0 Å². The Balaban J connectivity index is 1.12. The number of benzene rings is 11. The van der Waals surface area contributed by atoms with Gasteiger partial charge in [0.05, 0.1) is 5.69 Å². The van der Waals surface area contributed by atoms with E-state index in [0.717, 1.165) is 17.1 Å². The van der Waals surface area contributed by atoms with Crippen molar-refractivity contribution in [2.75, 3.05) is 4.90 Å². The summed E-state index contributed by atoms with van der Waals surface area (Å²) in [5.41, 5.74) is 16.5. The van der Waals surface area contributed by atoms with E-state index in [4.69, 9.17) is 0 Å². The van der Waals surface area contributed by atoms with Crippen LogP contribution < -0.4 is 4.90 Å². The van der Waals surface area contributed by atoms with Crippen molar-refractivity contribution in [3.05, 3.63) is 236 Å². The third-order valence-electron chi connectivity index (χ3n) is 12.1. The van der Waals surface area contributed by atoms with Crippen LogP contribution in [0.15, 0.2) is 231 Å². The average molecular weight is 764 g/mol. The molecule has 282 valence electrons. The first kappa shape index (κ1) is 35.4. The predicted molar refractivity (Wildman–Crippen MR) is 257 cm³/mol. The van der Waals surface area contributed by atoms with Crippen LogP contribution in [0.3, 0.4) is 0 Å². The lowest BCUT2D eigenvalue weighted by Crippen LogP contribution is -2.13. The second kappa shape index (κ2) is 14.9. The van der Waals surface area contributed by atoms with E-state index in [1.54, 1.807) is 0 Å². The summed E-state index contributed by atoms with van der Waals surface area (Å²) in [4.78, 5) is 2.46. The van der Waals surface area contributed by atoms with E-state index in [0.29, 0.717) is 0 Å². The Hall–Kier alpha value is -7.74. The first-order chi connectivity index (χ1) is 29.7. The topological polar surface area (TPSA) is 3.24 Å². The minimum Gasteiger partial charge on any atom is -0.309 e. The molecular formula is C59H41N. The lowest BCUT2D eigenvalue weighted by atomic mass is 9.87. The fraction of sp³-hybridized carbons (Fsp3) is 0.0169. The van der Waals surface area contributed by atoms with Gasteiger partial charge < -0.3 is 4.90 Å². The summed E-state index contributed by atoms with van der Waals surface area (Å²) in [6.07, 6.45) is 0. The zero-order chi connectivity index (χ0) is 40.0. The van der Waals surface area contributed by atoms with Gasteiger partial charge in [0.25, 0.3) is 0 Å². The van der Waals surface area contributed by atoms with Gasteiger partial charge in [0.2, 0.25) is 0 Å². The molecule has 0 aromatic heterocycles. The Bertz CT molecular complexity index is 3200. The Morgan fingerprint density at radius 2 is 0.650 bits per heavy atom. The van der Waals surface area contributed by atoms with Gasteiger partial charge in [-0.25, -0.2) is 0 Å². The molecule has 11 rings (SSSR count). The Morgan fingerprint density at radius 3 is 1.10 bits per heavy atom. The number of hydrogen-bond donors (Lipinski definition) is 0. The summed E-state index contributed by atoms with van der Waals surface area (Å²) in [7, 11) is 0. The van der Waals surface area contributed by atoms with Gasteiger partial charge in [0.1, 0.15) is 0 Å². The van der Waals surface area contributed by atoms with Crippen LogP contribution in [0.4, 0.5) is 17.1 Å². The van der Waals surface area contributed by atoms with Crippen LogP contribution in [0, 0.1) is 6.92 Å². The van der Waals surface area contributed by atoms with E-state index in [1.165, 1.54) is 93.5 Å². The van der Waals surface area contributed by atoms with Crippen molar-refractivity contribution in [3.8, 4) is 55.6 Å². The molecule has 0 aliphatic heterocycles. The van der Waals surface area contributed by atoms with Crippen LogP contribution in [0.2, 0.25) is 0 Å². The monoisotopic (exact) mass is 763 g/mol. The lowest BCUT2D eigenvalue weighted by molar-refractivity contribution is 1.28. The number of hydrogen-bond acceptors (Lipinski definition) is 1. The molecular weight excluding hydrogens is 723 g/mol. The Kier molecular flexibility index (Phi) is 8.79. The van der Waals surface area contributed by atoms with E-state index in [9.17, 15) is 0 Å². The molecule has 0 aliphatic rings. The van der Waals surface area contributed by atoms with Crippen LogP contribution in [0.1, 0.15) is 5.56 Å². The quantitative estimate of drug-likeness (QED) is 0.139. The molecule has 60 heavy (non-hydrogen) atoms. The molecule has 0 spiro atoms. The highest BCUT2D eigenvalue weighted by atomic mass is 15.1. The first-order valence-electron chi connectivity index (χ1n) is 20.8. The fourth-order valence-corrected chi connectivity index (χ4v) is 9.16. The minimum absolute atomic E-state index is 1.09. The number of rotatable bonds is 8. The summed E-state index contributed by atoms with van der Waals surface area (Å²) in [6, 6.07) is 84.4. The normalized spacial score (nSPS) is 11.4. The van der Waals surface area contributed by atoms with Gasteiger partial charge in [0, 0.05) is 22.5 Å². The molecule has 0 N–H and O–H groups in total. The van der Waals surface area contributed by atoms with Crippen molar-refractivity contribution >= 4 is 49.4 Å². The maximum Gasteiger partial charge on any atom is 0.0618 e. The molecule has 0 fully saturated rings. The molecule has 0 unspecified atom stereocenters. The number of nitrogens with zero attached hydrogens (tertiary/aromatic N) is 1. The molecule has 0 heterocycles. The molecule has 0 atom stereocenters. The van der Waals surface area contributed by atoms with Crippen LogP contribution in [0.25, 0.3) is 88.0 Å². The van der Waals surface area contributed by atoms with Crippen molar-refractivity contribution in [2.24, 2.45) is 0 Å². The molecule has 0 saturated heterocycles. The molecule has 0 radical (unpaired) electrons. The summed E-state index contributed by atoms with van der Waals surface area (Å²) < 4.78 is 0. The fourth-order valence-electron chi connectivity index (χ4n) is 9.16. The molecule has 0 amide bonds. The zero-order valence-electron chi connectivity index (χ0n) is 33.4. The predicted octanol–water partition coefficient (Wildman–Crippen LogP) is 16.7. The third-order valence-corrected chi connectivity index (χ3v) is 12.1. The molecule has 1 nitrogen and oxygen atoms in total. The first-order valence-corrected chi connectivity index (χ1v) is 20.8. The van der Waals surface area contributed by atoms with Crippen molar-refractivity contribution < 1.29 is 0 Å². The third kappa shape index (κ3) is 6.20. The van der Waals surface area contributed by atoms with E-state index in [2.05, 4.69) is 242 Å². The van der Waals surface area contributed by atoms with Gasteiger partial charge >= 0.3 is 0 Å². The van der Waals surface area contributed by atoms with Crippen LogP contribution in [0.5, 0.6) is 0 Å². The highest BCUT2D eigenvalue weighted by Gasteiger charge is 2.24. The molecule has 0 bridgehead atoms. The summed E-state index contributed by atoms with van der Waals surface area (Å²) >= 11 is 0. The van der Waals surface area contributed by atoms with Gasteiger partial charge in [-0.1, -0.05) is 200 Å². The maximum atomic E-state index is 2.46. The molecule has 11 aromatic rings. The minimum atomic E-state index is 1.09. The van der Waals surface area contributed by atoms with E-state index < -0.39 is 0 Å². The smallest absolute Gasteiger partial charge is 0.0618 e. The van der Waals surface area contributed by atoms with Crippen molar-refractivity contribution in [3.63, 3.8) is 0 Å². The lowest BCUT2D eigenvalue weighted by Gasteiger charge is -2.31. The molecule has 1 heteroatoms. The summed E-state index contributed by atoms with van der Waals surface area (Å²) in [5, 5.41) is 7.75. The average Bonchev–Trinajstić information content (AvgIpc) is 3.32. The SMILES string of the molecule is Cc1ccc(N(c2ccc(-c3ccc4ccc5c(-c6ccccc6)ccc6ccc3c4c65)cc2)c2c(-c3ccccc3)cc(-c3ccccc3)cc2-c2ccccc2)cc1. The van der Waals surface area contributed by atoms with E-state index in [1.807, 2.05) is 0 Å². The highest BCUT2D eigenvalue weighted by Crippen LogP contribution is 2.49. The van der Waals surface area contributed by atoms with Gasteiger partial charge in [0.15, 0.2) is 0 Å². The molecule has 0 saturated carbocycles.